The summed E-state index contributed by atoms with van der Waals surface area (Å²) < 4.78 is 5.95. The van der Waals surface area contributed by atoms with E-state index in [0.717, 1.165) is 17.4 Å². The van der Waals surface area contributed by atoms with Crippen LogP contribution in [0.15, 0.2) is 29.1 Å². The first-order valence-electron chi connectivity index (χ1n) is 5.06. The standard InChI is InChI=1S/C12H10O4S/c1-2-16-7-3-4-10-8(5-7)9(13)6-11(17-10)12(14)15/h3-6H,2H2,1H3,(H,14,15). The van der Waals surface area contributed by atoms with E-state index in [4.69, 9.17) is 9.84 Å². The van der Waals surface area contributed by atoms with Crippen molar-refractivity contribution >= 4 is 27.4 Å². The molecule has 0 aliphatic rings. The van der Waals surface area contributed by atoms with Gasteiger partial charge in [-0.2, -0.15) is 0 Å². The molecule has 1 aromatic heterocycles. The third-order valence-corrected chi connectivity index (χ3v) is 3.31. The van der Waals surface area contributed by atoms with E-state index in [-0.39, 0.29) is 10.3 Å². The van der Waals surface area contributed by atoms with Gasteiger partial charge in [0.25, 0.3) is 0 Å². The van der Waals surface area contributed by atoms with E-state index in [1.807, 2.05) is 6.92 Å². The van der Waals surface area contributed by atoms with Crippen molar-refractivity contribution in [2.75, 3.05) is 6.61 Å². The highest BCUT2D eigenvalue weighted by molar-refractivity contribution is 7.20. The zero-order valence-electron chi connectivity index (χ0n) is 9.10. The van der Waals surface area contributed by atoms with Crippen LogP contribution < -0.4 is 10.2 Å². The van der Waals surface area contributed by atoms with Crippen LogP contribution in [0.5, 0.6) is 5.75 Å². The monoisotopic (exact) mass is 250 g/mol. The van der Waals surface area contributed by atoms with E-state index < -0.39 is 5.97 Å². The normalized spacial score (nSPS) is 10.4. The molecule has 2 rings (SSSR count). The zero-order valence-corrected chi connectivity index (χ0v) is 9.91. The van der Waals surface area contributed by atoms with Crippen LogP contribution in [0.3, 0.4) is 0 Å². The van der Waals surface area contributed by atoms with Crippen LogP contribution >= 0.6 is 11.3 Å². The second kappa shape index (κ2) is 4.55. The lowest BCUT2D eigenvalue weighted by Gasteiger charge is -2.04. The maximum atomic E-state index is 11.7. The van der Waals surface area contributed by atoms with Gasteiger partial charge in [-0.3, -0.25) is 4.79 Å². The summed E-state index contributed by atoms with van der Waals surface area (Å²) in [7, 11) is 0. The van der Waals surface area contributed by atoms with Gasteiger partial charge in [0.05, 0.1) is 6.61 Å². The van der Waals surface area contributed by atoms with E-state index in [2.05, 4.69) is 0 Å². The summed E-state index contributed by atoms with van der Waals surface area (Å²) in [6, 6.07) is 6.22. The summed E-state index contributed by atoms with van der Waals surface area (Å²) in [5.74, 6) is -0.463. The lowest BCUT2D eigenvalue weighted by Crippen LogP contribution is -2.04. The predicted octanol–water partition coefficient (Wildman–Crippen LogP) is 2.36. The average molecular weight is 250 g/mol. The number of rotatable bonds is 3. The van der Waals surface area contributed by atoms with Crippen molar-refractivity contribution in [1.82, 2.24) is 0 Å². The molecule has 0 saturated carbocycles. The van der Waals surface area contributed by atoms with Crippen molar-refractivity contribution in [3.05, 3.63) is 39.4 Å². The van der Waals surface area contributed by atoms with Crippen molar-refractivity contribution in [3.63, 3.8) is 0 Å². The molecular formula is C12H10O4S. The fourth-order valence-electron chi connectivity index (χ4n) is 1.50. The van der Waals surface area contributed by atoms with Gasteiger partial charge >= 0.3 is 5.97 Å². The maximum Gasteiger partial charge on any atom is 0.346 e. The smallest absolute Gasteiger partial charge is 0.346 e. The quantitative estimate of drug-likeness (QED) is 0.908. The molecule has 1 N–H and O–H groups in total. The lowest BCUT2D eigenvalue weighted by molar-refractivity contribution is 0.0702. The molecule has 0 aliphatic heterocycles. The summed E-state index contributed by atoms with van der Waals surface area (Å²) in [6.45, 7) is 2.38. The minimum atomic E-state index is -1.08. The SMILES string of the molecule is CCOc1ccc2sc(C(=O)O)cc(=O)c2c1. The number of fused-ring (bicyclic) bond motifs is 1. The molecule has 5 heteroatoms. The van der Waals surface area contributed by atoms with Crippen LogP contribution in [0, 0.1) is 0 Å². The van der Waals surface area contributed by atoms with Gasteiger partial charge in [0.15, 0.2) is 5.43 Å². The molecule has 0 amide bonds. The molecule has 0 aliphatic carbocycles. The number of hydrogen-bond donors (Lipinski definition) is 1. The Labute approximate surface area is 101 Å². The lowest BCUT2D eigenvalue weighted by atomic mass is 10.2. The Bertz CT molecular complexity index is 630. The minimum Gasteiger partial charge on any atom is -0.494 e. The molecular weight excluding hydrogens is 240 g/mol. The fourth-order valence-corrected chi connectivity index (χ4v) is 2.39. The average Bonchev–Trinajstić information content (AvgIpc) is 2.30. The number of carboxylic acids is 1. The van der Waals surface area contributed by atoms with Crippen LogP contribution in [-0.2, 0) is 0 Å². The maximum absolute atomic E-state index is 11.7. The van der Waals surface area contributed by atoms with Crippen LogP contribution in [0.4, 0.5) is 0 Å². The molecule has 0 radical (unpaired) electrons. The molecule has 0 unspecified atom stereocenters. The molecule has 88 valence electrons. The van der Waals surface area contributed by atoms with Crippen LogP contribution in [0.1, 0.15) is 16.6 Å². The minimum absolute atomic E-state index is 0.0478. The topological polar surface area (TPSA) is 63.6 Å². The summed E-state index contributed by atoms with van der Waals surface area (Å²) in [5, 5.41) is 9.35. The van der Waals surface area contributed by atoms with Gasteiger partial charge in [0.2, 0.25) is 0 Å². The highest BCUT2D eigenvalue weighted by Gasteiger charge is 2.09. The molecule has 0 bridgehead atoms. The molecule has 1 heterocycles. The molecule has 4 nitrogen and oxygen atoms in total. The van der Waals surface area contributed by atoms with Gasteiger partial charge in [0, 0.05) is 16.2 Å². The predicted molar refractivity (Wildman–Crippen MR) is 66.2 cm³/mol. The summed E-state index contributed by atoms with van der Waals surface area (Å²) >= 11 is 1.08. The highest BCUT2D eigenvalue weighted by atomic mass is 32.1. The van der Waals surface area contributed by atoms with E-state index in [0.29, 0.717) is 22.4 Å². The van der Waals surface area contributed by atoms with Crippen molar-refractivity contribution in [2.24, 2.45) is 0 Å². The molecule has 0 atom stereocenters. The molecule has 0 spiro atoms. The first kappa shape index (κ1) is 11.6. The number of benzene rings is 1. The molecule has 1 aromatic carbocycles. The van der Waals surface area contributed by atoms with Crippen LogP contribution in [0.25, 0.3) is 10.1 Å². The highest BCUT2D eigenvalue weighted by Crippen LogP contribution is 2.23. The van der Waals surface area contributed by atoms with E-state index >= 15 is 0 Å². The number of ether oxygens (including phenoxy) is 1. The van der Waals surface area contributed by atoms with Gasteiger partial charge in [-0.1, -0.05) is 0 Å². The Hall–Kier alpha value is -1.88. The Morgan fingerprint density at radius 2 is 2.18 bits per heavy atom. The Kier molecular flexibility index (Phi) is 3.10. The van der Waals surface area contributed by atoms with Crippen molar-refractivity contribution in [1.29, 1.82) is 0 Å². The zero-order chi connectivity index (χ0) is 12.4. The number of carbonyl (C=O) groups is 1. The first-order valence-corrected chi connectivity index (χ1v) is 5.87. The number of carboxylic acid groups (broad SMARTS) is 1. The van der Waals surface area contributed by atoms with Crippen LogP contribution in [-0.4, -0.2) is 17.7 Å². The van der Waals surface area contributed by atoms with E-state index in [9.17, 15) is 9.59 Å². The van der Waals surface area contributed by atoms with Crippen molar-refractivity contribution in [3.8, 4) is 5.75 Å². The van der Waals surface area contributed by atoms with E-state index in [1.165, 1.54) is 0 Å². The molecule has 17 heavy (non-hydrogen) atoms. The third kappa shape index (κ3) is 2.29. The molecule has 0 fully saturated rings. The summed E-state index contributed by atoms with van der Waals surface area (Å²) in [6.07, 6.45) is 0. The second-order valence-electron chi connectivity index (χ2n) is 3.37. The van der Waals surface area contributed by atoms with Gasteiger partial charge < -0.3 is 9.84 Å². The molecule has 2 aromatic rings. The van der Waals surface area contributed by atoms with Gasteiger partial charge in [0.1, 0.15) is 10.6 Å². The van der Waals surface area contributed by atoms with E-state index in [1.54, 1.807) is 18.2 Å². The first-order chi connectivity index (χ1) is 8.11. The van der Waals surface area contributed by atoms with Gasteiger partial charge in [-0.25, -0.2) is 4.79 Å². The van der Waals surface area contributed by atoms with Crippen molar-refractivity contribution in [2.45, 2.75) is 6.92 Å². The Balaban J connectivity index is 2.64. The second-order valence-corrected chi connectivity index (χ2v) is 4.45. The largest absolute Gasteiger partial charge is 0.494 e. The summed E-state index contributed by atoms with van der Waals surface area (Å²) in [4.78, 5) is 22.6. The number of aromatic carboxylic acids is 1. The Morgan fingerprint density at radius 1 is 1.41 bits per heavy atom. The Morgan fingerprint density at radius 3 is 2.82 bits per heavy atom. The van der Waals surface area contributed by atoms with Crippen molar-refractivity contribution < 1.29 is 14.6 Å². The third-order valence-electron chi connectivity index (χ3n) is 2.22. The fraction of sp³-hybridized carbons (Fsp3) is 0.167. The molecule has 0 saturated heterocycles. The van der Waals surface area contributed by atoms with Crippen LogP contribution in [0.2, 0.25) is 0 Å². The van der Waals surface area contributed by atoms with Gasteiger partial charge in [-0.15, -0.1) is 11.3 Å². The summed E-state index contributed by atoms with van der Waals surface area (Å²) in [5.41, 5.74) is -0.294. The number of hydrogen-bond acceptors (Lipinski definition) is 4. The van der Waals surface area contributed by atoms with Gasteiger partial charge in [-0.05, 0) is 25.1 Å².